The van der Waals surface area contributed by atoms with E-state index < -0.39 is 0 Å². The summed E-state index contributed by atoms with van der Waals surface area (Å²) in [4.78, 5) is 26.5. The number of nitrogens with zero attached hydrogens (tertiary/aromatic N) is 1. The molecule has 0 radical (unpaired) electrons. The molecule has 0 unspecified atom stereocenters. The van der Waals surface area contributed by atoms with Gasteiger partial charge in [-0.1, -0.05) is 37.3 Å². The smallest absolute Gasteiger partial charge is 0.253 e. The average molecular weight is 335 g/mol. The molecule has 0 spiro atoms. The molecule has 3 rings (SSSR count). The average Bonchev–Trinajstić information content (AvgIpc) is 2.79. The first-order chi connectivity index (χ1) is 11.1. The monoisotopic (exact) mass is 334 g/mol. The van der Waals surface area contributed by atoms with E-state index in [1.807, 2.05) is 0 Å². The van der Waals surface area contributed by atoms with E-state index in [4.69, 9.17) is 11.6 Å². The molecule has 0 aromatic heterocycles. The number of carbonyl (C=O) groups is 2. The van der Waals surface area contributed by atoms with Crippen LogP contribution in [0.25, 0.3) is 0 Å². The van der Waals surface area contributed by atoms with E-state index in [9.17, 15) is 9.59 Å². The number of hydrogen-bond acceptors (Lipinski definition) is 2. The van der Waals surface area contributed by atoms with Crippen LogP contribution in [0.5, 0.6) is 0 Å². The maximum absolute atomic E-state index is 12.7. The van der Waals surface area contributed by atoms with Crippen LogP contribution in [0, 0.1) is 0 Å². The Labute approximate surface area is 142 Å². The minimum Gasteiger partial charge on any atom is -0.349 e. The van der Waals surface area contributed by atoms with Crippen LogP contribution < -0.4 is 10.2 Å². The third kappa shape index (κ3) is 3.86. The molecule has 1 aliphatic carbocycles. The summed E-state index contributed by atoms with van der Waals surface area (Å²) in [5.74, 6) is -0.0287. The Balaban J connectivity index is 1.80. The largest absolute Gasteiger partial charge is 0.349 e. The summed E-state index contributed by atoms with van der Waals surface area (Å²) < 4.78 is 0. The van der Waals surface area contributed by atoms with Crippen molar-refractivity contribution in [2.24, 2.45) is 0 Å². The van der Waals surface area contributed by atoms with Gasteiger partial charge in [0.1, 0.15) is 0 Å². The summed E-state index contributed by atoms with van der Waals surface area (Å²) in [6.45, 7) is 0.656. The first-order valence-electron chi connectivity index (χ1n) is 8.56. The number of nitrogens with one attached hydrogen (secondary N) is 1. The van der Waals surface area contributed by atoms with Crippen molar-refractivity contribution in [2.45, 2.75) is 57.4 Å². The maximum atomic E-state index is 12.7. The lowest BCUT2D eigenvalue weighted by atomic mass is 10.1. The first-order valence-corrected chi connectivity index (χ1v) is 8.94. The lowest BCUT2D eigenvalue weighted by Crippen LogP contribution is -2.36. The van der Waals surface area contributed by atoms with Gasteiger partial charge in [-0.25, -0.2) is 0 Å². The predicted octanol–water partition coefficient (Wildman–Crippen LogP) is 3.92. The molecule has 1 saturated heterocycles. The van der Waals surface area contributed by atoms with Gasteiger partial charge < -0.3 is 10.2 Å². The van der Waals surface area contributed by atoms with Gasteiger partial charge in [0.2, 0.25) is 5.91 Å². The molecule has 4 nitrogen and oxygen atoms in total. The van der Waals surface area contributed by atoms with Crippen LogP contribution in [0.3, 0.4) is 0 Å². The van der Waals surface area contributed by atoms with Crippen molar-refractivity contribution in [3.05, 3.63) is 28.8 Å². The lowest BCUT2D eigenvalue weighted by Gasteiger charge is -2.22. The maximum Gasteiger partial charge on any atom is 0.253 e. The van der Waals surface area contributed by atoms with E-state index in [0.29, 0.717) is 29.2 Å². The molecule has 2 fully saturated rings. The Hall–Kier alpha value is -1.55. The van der Waals surface area contributed by atoms with Gasteiger partial charge in [-0.2, -0.15) is 0 Å². The van der Waals surface area contributed by atoms with E-state index in [1.54, 1.807) is 23.1 Å². The fraction of sp³-hybridized carbons (Fsp3) is 0.556. The summed E-state index contributed by atoms with van der Waals surface area (Å²) in [7, 11) is 0. The highest BCUT2D eigenvalue weighted by Gasteiger charge is 2.27. The Kier molecular flexibility index (Phi) is 5.21. The van der Waals surface area contributed by atoms with E-state index in [2.05, 4.69) is 5.32 Å². The molecule has 1 saturated carbocycles. The number of carbonyl (C=O) groups excluding carboxylic acids is 2. The molecule has 5 heteroatoms. The summed E-state index contributed by atoms with van der Waals surface area (Å²) in [5.41, 5.74) is 1.19. The van der Waals surface area contributed by atoms with Crippen LogP contribution in [0.1, 0.15) is 61.7 Å². The van der Waals surface area contributed by atoms with Crippen molar-refractivity contribution in [1.29, 1.82) is 0 Å². The van der Waals surface area contributed by atoms with Crippen LogP contribution in [0.2, 0.25) is 5.02 Å². The highest BCUT2D eigenvalue weighted by Crippen LogP contribution is 2.29. The molecule has 0 atom stereocenters. The number of amides is 2. The second-order valence-corrected chi connectivity index (χ2v) is 6.91. The molecular formula is C18H23ClN2O2. The number of rotatable bonds is 3. The number of hydrogen-bond donors (Lipinski definition) is 1. The van der Waals surface area contributed by atoms with E-state index in [0.717, 1.165) is 19.3 Å². The molecule has 2 amide bonds. The number of halogens is 1. The lowest BCUT2D eigenvalue weighted by molar-refractivity contribution is -0.117. The standard InChI is InChI=1S/C18H23ClN2O2/c19-13-9-10-15(16(12-13)21-11-5-8-17(21)22)18(23)20-14-6-3-1-2-4-7-14/h9-10,12,14H,1-8,11H2,(H,20,23). The van der Waals surface area contributed by atoms with Gasteiger partial charge >= 0.3 is 0 Å². The van der Waals surface area contributed by atoms with Gasteiger partial charge in [-0.15, -0.1) is 0 Å². The summed E-state index contributed by atoms with van der Waals surface area (Å²) in [6.07, 6.45) is 8.29. The molecule has 2 aliphatic rings. The van der Waals surface area contributed by atoms with Crippen molar-refractivity contribution < 1.29 is 9.59 Å². The molecular weight excluding hydrogens is 312 g/mol. The van der Waals surface area contributed by atoms with Gasteiger partial charge in [0.05, 0.1) is 11.3 Å². The van der Waals surface area contributed by atoms with Crippen LogP contribution in [-0.4, -0.2) is 24.4 Å². The molecule has 1 N–H and O–H groups in total. The van der Waals surface area contributed by atoms with Crippen LogP contribution in [-0.2, 0) is 4.79 Å². The zero-order chi connectivity index (χ0) is 16.2. The normalized spacial score (nSPS) is 19.7. The Morgan fingerprint density at radius 1 is 1.13 bits per heavy atom. The third-order valence-corrected chi connectivity index (χ3v) is 4.99. The third-order valence-electron chi connectivity index (χ3n) is 4.76. The minimum atomic E-state index is -0.0942. The summed E-state index contributed by atoms with van der Waals surface area (Å²) in [5, 5.41) is 3.70. The summed E-state index contributed by atoms with van der Waals surface area (Å²) >= 11 is 6.09. The molecule has 1 aliphatic heterocycles. The van der Waals surface area contributed by atoms with Gasteiger partial charge in [-0.05, 0) is 37.5 Å². The van der Waals surface area contributed by atoms with Gasteiger partial charge in [0, 0.05) is 24.0 Å². The molecule has 124 valence electrons. The topological polar surface area (TPSA) is 49.4 Å². The zero-order valence-electron chi connectivity index (χ0n) is 13.3. The molecule has 23 heavy (non-hydrogen) atoms. The quantitative estimate of drug-likeness (QED) is 0.852. The Morgan fingerprint density at radius 3 is 2.52 bits per heavy atom. The molecule has 1 aromatic rings. The van der Waals surface area contributed by atoms with Gasteiger partial charge in [-0.3, -0.25) is 9.59 Å². The van der Waals surface area contributed by atoms with E-state index in [1.165, 1.54) is 25.7 Å². The van der Waals surface area contributed by atoms with Crippen molar-refractivity contribution in [2.75, 3.05) is 11.4 Å². The van der Waals surface area contributed by atoms with Crippen molar-refractivity contribution >= 4 is 29.1 Å². The number of anilines is 1. The van der Waals surface area contributed by atoms with E-state index >= 15 is 0 Å². The van der Waals surface area contributed by atoms with Gasteiger partial charge in [0.25, 0.3) is 5.91 Å². The Bertz CT molecular complexity index is 595. The van der Waals surface area contributed by atoms with Crippen LogP contribution in [0.4, 0.5) is 5.69 Å². The minimum absolute atomic E-state index is 0.0655. The second-order valence-electron chi connectivity index (χ2n) is 6.47. The molecule has 1 heterocycles. The fourth-order valence-electron chi connectivity index (χ4n) is 3.51. The Morgan fingerprint density at radius 2 is 1.87 bits per heavy atom. The van der Waals surface area contributed by atoms with Crippen molar-refractivity contribution in [3.8, 4) is 0 Å². The fourth-order valence-corrected chi connectivity index (χ4v) is 3.68. The van der Waals surface area contributed by atoms with Crippen molar-refractivity contribution in [1.82, 2.24) is 5.32 Å². The number of benzene rings is 1. The van der Waals surface area contributed by atoms with Crippen LogP contribution in [0.15, 0.2) is 18.2 Å². The molecule has 0 bridgehead atoms. The second kappa shape index (κ2) is 7.35. The van der Waals surface area contributed by atoms with Gasteiger partial charge in [0.15, 0.2) is 0 Å². The summed E-state index contributed by atoms with van der Waals surface area (Å²) in [6, 6.07) is 5.41. The van der Waals surface area contributed by atoms with Crippen LogP contribution >= 0.6 is 11.6 Å². The predicted molar refractivity (Wildman–Crippen MR) is 92.0 cm³/mol. The highest BCUT2D eigenvalue weighted by atomic mass is 35.5. The highest BCUT2D eigenvalue weighted by molar-refractivity contribution is 6.31. The zero-order valence-corrected chi connectivity index (χ0v) is 14.1. The van der Waals surface area contributed by atoms with Crippen molar-refractivity contribution in [3.63, 3.8) is 0 Å². The SMILES string of the molecule is O=C(NC1CCCCCC1)c1ccc(Cl)cc1N1CCCC1=O. The first kappa shape index (κ1) is 16.3. The molecule has 1 aromatic carbocycles. The van der Waals surface area contributed by atoms with E-state index in [-0.39, 0.29) is 17.9 Å².